The quantitative estimate of drug-likeness (QED) is 0.648. The summed E-state index contributed by atoms with van der Waals surface area (Å²) in [6, 6.07) is 9.61. The molecule has 2 aliphatic rings. The summed E-state index contributed by atoms with van der Waals surface area (Å²) in [5.74, 6) is -1.16. The number of rotatable bonds is 4. The lowest BCUT2D eigenvalue weighted by atomic mass is 10.1. The molecule has 0 N–H and O–H groups in total. The third kappa shape index (κ3) is 5.03. The summed E-state index contributed by atoms with van der Waals surface area (Å²) in [6.45, 7) is 2.35. The minimum Gasteiger partial charge on any atom is -0.379 e. The third-order valence-corrected chi connectivity index (χ3v) is 7.91. The van der Waals surface area contributed by atoms with E-state index in [0.29, 0.717) is 13.2 Å². The molecule has 2 fully saturated rings. The Morgan fingerprint density at radius 2 is 1.52 bits per heavy atom. The SMILES string of the molecule is O=C(c1cccc(S(=O)(=O)N2CCOCC2)c1)N1CCN(C(=O)c2ccc(F)cc2Cl)CC1. The average molecular weight is 496 g/mol. The monoisotopic (exact) mass is 495 g/mol. The highest BCUT2D eigenvalue weighted by Crippen LogP contribution is 2.22. The lowest BCUT2D eigenvalue weighted by Crippen LogP contribution is -2.50. The molecule has 4 rings (SSSR count). The Labute approximate surface area is 196 Å². The molecule has 176 valence electrons. The number of piperazine rings is 1. The van der Waals surface area contributed by atoms with Crippen LogP contribution in [0.25, 0.3) is 0 Å². The van der Waals surface area contributed by atoms with Crippen molar-refractivity contribution >= 4 is 33.4 Å². The average Bonchev–Trinajstić information content (AvgIpc) is 2.84. The molecule has 0 unspecified atom stereocenters. The number of amides is 2. The maximum absolute atomic E-state index is 13.3. The maximum atomic E-state index is 13.3. The molecular formula is C22H23ClFN3O5S. The van der Waals surface area contributed by atoms with Crippen LogP contribution >= 0.6 is 11.6 Å². The van der Waals surface area contributed by atoms with E-state index < -0.39 is 15.8 Å². The van der Waals surface area contributed by atoms with Gasteiger partial charge in [-0.05, 0) is 36.4 Å². The van der Waals surface area contributed by atoms with Gasteiger partial charge in [-0.2, -0.15) is 4.31 Å². The van der Waals surface area contributed by atoms with Crippen LogP contribution in [0, 0.1) is 5.82 Å². The van der Waals surface area contributed by atoms with Gasteiger partial charge >= 0.3 is 0 Å². The first kappa shape index (κ1) is 23.6. The molecule has 0 atom stereocenters. The Hall–Kier alpha value is -2.53. The van der Waals surface area contributed by atoms with Crippen LogP contribution in [0.15, 0.2) is 47.4 Å². The second kappa shape index (κ2) is 9.76. The van der Waals surface area contributed by atoms with Crippen LogP contribution in [-0.2, 0) is 14.8 Å². The third-order valence-electron chi connectivity index (χ3n) is 5.70. The van der Waals surface area contributed by atoms with Gasteiger partial charge < -0.3 is 14.5 Å². The Morgan fingerprint density at radius 1 is 0.879 bits per heavy atom. The normalized spacial score (nSPS) is 17.8. The van der Waals surface area contributed by atoms with Crippen molar-refractivity contribution in [1.82, 2.24) is 14.1 Å². The van der Waals surface area contributed by atoms with E-state index in [1.807, 2.05) is 0 Å². The number of sulfonamides is 1. The van der Waals surface area contributed by atoms with E-state index in [0.717, 1.165) is 6.07 Å². The first-order valence-corrected chi connectivity index (χ1v) is 12.3. The summed E-state index contributed by atoms with van der Waals surface area (Å²) in [5.41, 5.74) is 0.476. The molecule has 2 amide bonds. The van der Waals surface area contributed by atoms with Gasteiger partial charge in [-0.3, -0.25) is 9.59 Å². The van der Waals surface area contributed by atoms with Gasteiger partial charge in [0.2, 0.25) is 10.0 Å². The van der Waals surface area contributed by atoms with Gasteiger partial charge in [0, 0.05) is 44.8 Å². The zero-order valence-electron chi connectivity index (χ0n) is 17.7. The summed E-state index contributed by atoms with van der Waals surface area (Å²) in [5, 5.41) is 0.0387. The van der Waals surface area contributed by atoms with E-state index in [-0.39, 0.29) is 72.1 Å². The number of hydrogen-bond acceptors (Lipinski definition) is 5. The topological polar surface area (TPSA) is 87.2 Å². The molecule has 2 aromatic carbocycles. The molecule has 11 heteroatoms. The number of ether oxygens (including phenoxy) is 1. The van der Waals surface area contributed by atoms with E-state index >= 15 is 0 Å². The Morgan fingerprint density at radius 3 is 2.15 bits per heavy atom. The summed E-state index contributed by atoms with van der Waals surface area (Å²) < 4.78 is 45.6. The fourth-order valence-corrected chi connectivity index (χ4v) is 5.56. The second-order valence-electron chi connectivity index (χ2n) is 7.75. The Balaban J connectivity index is 1.43. The van der Waals surface area contributed by atoms with E-state index in [1.54, 1.807) is 21.9 Å². The fraction of sp³-hybridized carbons (Fsp3) is 0.364. The van der Waals surface area contributed by atoms with E-state index in [4.69, 9.17) is 16.3 Å². The first-order valence-electron chi connectivity index (χ1n) is 10.5. The number of carbonyl (C=O) groups excluding carboxylic acids is 2. The van der Waals surface area contributed by atoms with Crippen molar-refractivity contribution in [3.05, 3.63) is 64.4 Å². The summed E-state index contributed by atoms with van der Waals surface area (Å²) in [7, 11) is -3.72. The van der Waals surface area contributed by atoms with Crippen molar-refractivity contribution in [2.24, 2.45) is 0 Å². The Bertz CT molecular complexity index is 1160. The molecule has 2 aromatic rings. The highest BCUT2D eigenvalue weighted by atomic mass is 35.5. The van der Waals surface area contributed by atoms with Crippen molar-refractivity contribution < 1.29 is 27.1 Å². The number of carbonyl (C=O) groups is 2. The highest BCUT2D eigenvalue weighted by molar-refractivity contribution is 7.89. The molecule has 0 aromatic heterocycles. The first-order chi connectivity index (χ1) is 15.8. The largest absolute Gasteiger partial charge is 0.379 e. The summed E-state index contributed by atoms with van der Waals surface area (Å²) in [4.78, 5) is 28.9. The maximum Gasteiger partial charge on any atom is 0.255 e. The van der Waals surface area contributed by atoms with Crippen molar-refractivity contribution in [2.75, 3.05) is 52.5 Å². The lowest BCUT2D eigenvalue weighted by molar-refractivity contribution is 0.0535. The Kier molecular flexibility index (Phi) is 6.99. The van der Waals surface area contributed by atoms with Gasteiger partial charge in [0.25, 0.3) is 11.8 Å². The minimum atomic E-state index is -3.72. The second-order valence-corrected chi connectivity index (χ2v) is 10.1. The molecule has 2 saturated heterocycles. The zero-order chi connectivity index (χ0) is 23.6. The van der Waals surface area contributed by atoms with Gasteiger partial charge in [-0.15, -0.1) is 0 Å². The van der Waals surface area contributed by atoms with Crippen LogP contribution in [-0.4, -0.2) is 86.8 Å². The minimum absolute atomic E-state index is 0.0387. The molecule has 0 aliphatic carbocycles. The van der Waals surface area contributed by atoms with Crippen molar-refractivity contribution in [3.8, 4) is 0 Å². The molecule has 0 radical (unpaired) electrons. The van der Waals surface area contributed by atoms with Crippen molar-refractivity contribution in [1.29, 1.82) is 0 Å². The lowest BCUT2D eigenvalue weighted by Gasteiger charge is -2.35. The van der Waals surface area contributed by atoms with E-state index in [2.05, 4.69) is 0 Å². The van der Waals surface area contributed by atoms with Crippen LogP contribution in [0.1, 0.15) is 20.7 Å². The van der Waals surface area contributed by atoms with Gasteiger partial charge in [0.15, 0.2) is 0 Å². The molecule has 2 heterocycles. The van der Waals surface area contributed by atoms with E-state index in [9.17, 15) is 22.4 Å². The predicted molar refractivity (Wildman–Crippen MR) is 119 cm³/mol. The molecule has 33 heavy (non-hydrogen) atoms. The number of morpholine rings is 1. The van der Waals surface area contributed by atoms with Gasteiger partial charge in [0.1, 0.15) is 5.82 Å². The smallest absolute Gasteiger partial charge is 0.255 e. The number of hydrogen-bond donors (Lipinski definition) is 0. The molecule has 2 aliphatic heterocycles. The van der Waals surface area contributed by atoms with Crippen LogP contribution in [0.3, 0.4) is 0 Å². The number of nitrogens with zero attached hydrogens (tertiary/aromatic N) is 3. The van der Waals surface area contributed by atoms with Crippen LogP contribution in [0.5, 0.6) is 0 Å². The molecule has 8 nitrogen and oxygen atoms in total. The fourth-order valence-electron chi connectivity index (χ4n) is 3.85. The van der Waals surface area contributed by atoms with Gasteiger partial charge in [-0.1, -0.05) is 17.7 Å². The number of benzene rings is 2. The standard InChI is InChI=1S/C22H23ClFN3O5S/c23-20-15-17(24)4-5-19(20)22(29)26-8-6-25(7-9-26)21(28)16-2-1-3-18(14-16)33(30,31)27-10-12-32-13-11-27/h1-5,14-15H,6-13H2. The van der Waals surface area contributed by atoms with Crippen LogP contribution in [0.2, 0.25) is 5.02 Å². The zero-order valence-corrected chi connectivity index (χ0v) is 19.3. The summed E-state index contributed by atoms with van der Waals surface area (Å²) in [6.07, 6.45) is 0. The van der Waals surface area contributed by atoms with Crippen molar-refractivity contribution in [2.45, 2.75) is 4.90 Å². The molecule has 0 saturated carbocycles. The predicted octanol–water partition coefficient (Wildman–Crippen LogP) is 2.10. The van der Waals surface area contributed by atoms with Crippen LogP contribution in [0.4, 0.5) is 4.39 Å². The highest BCUT2D eigenvalue weighted by Gasteiger charge is 2.29. The molecule has 0 spiro atoms. The van der Waals surface area contributed by atoms with Gasteiger partial charge in [0.05, 0.1) is 28.7 Å². The number of halogens is 2. The molecule has 0 bridgehead atoms. The van der Waals surface area contributed by atoms with Crippen LogP contribution < -0.4 is 0 Å². The summed E-state index contributed by atoms with van der Waals surface area (Å²) >= 11 is 6.00. The molecular weight excluding hydrogens is 473 g/mol. The van der Waals surface area contributed by atoms with Crippen molar-refractivity contribution in [3.63, 3.8) is 0 Å². The van der Waals surface area contributed by atoms with Gasteiger partial charge in [-0.25, -0.2) is 12.8 Å². The van der Waals surface area contributed by atoms with E-state index in [1.165, 1.54) is 28.6 Å².